The highest BCUT2D eigenvalue weighted by Crippen LogP contribution is 2.31. The molecule has 1 aliphatic rings. The van der Waals surface area contributed by atoms with Crippen molar-refractivity contribution >= 4 is 49.4 Å². The van der Waals surface area contributed by atoms with Crippen LogP contribution >= 0.6 is 43.5 Å². The Balaban J connectivity index is 2.29. The average Bonchev–Trinajstić information content (AvgIpc) is 2.34. The van der Waals surface area contributed by atoms with Gasteiger partial charge in [-0.1, -0.05) is 27.5 Å². The molecule has 1 amide bonds. The van der Waals surface area contributed by atoms with E-state index in [0.29, 0.717) is 10.6 Å². The maximum absolute atomic E-state index is 12.3. The first-order valence-corrected chi connectivity index (χ1v) is 7.50. The number of likely N-dealkylation sites (tertiary alicyclic amines) is 1. The van der Waals surface area contributed by atoms with Crippen LogP contribution < -0.4 is 0 Å². The monoisotopic (exact) mass is 379 g/mol. The number of benzene rings is 1. The van der Waals surface area contributed by atoms with E-state index in [1.807, 2.05) is 11.0 Å². The molecular formula is C12H12Br2ClNO. The average molecular weight is 381 g/mol. The fraction of sp³-hybridized carbons (Fsp3) is 0.417. The number of hydrogen-bond acceptors (Lipinski definition) is 1. The molecule has 2 nitrogen and oxygen atoms in total. The van der Waals surface area contributed by atoms with E-state index in [4.69, 9.17) is 11.6 Å². The number of amides is 1. The largest absolute Gasteiger partial charge is 0.339 e. The summed E-state index contributed by atoms with van der Waals surface area (Å²) < 4.78 is 1.60. The first-order valence-electron chi connectivity index (χ1n) is 5.53. The summed E-state index contributed by atoms with van der Waals surface area (Å²) in [7, 11) is 0. The predicted octanol–water partition coefficient (Wildman–Crippen LogP) is 4.49. The molecule has 1 aromatic rings. The van der Waals surface area contributed by atoms with Crippen molar-refractivity contribution in [3.8, 4) is 0 Å². The predicted molar refractivity (Wildman–Crippen MR) is 76.6 cm³/mol. The third kappa shape index (κ3) is 3.04. The highest BCUT2D eigenvalue weighted by molar-refractivity contribution is 9.11. The van der Waals surface area contributed by atoms with E-state index in [0.717, 1.165) is 34.9 Å². The minimum atomic E-state index is 0.0247. The summed E-state index contributed by atoms with van der Waals surface area (Å²) in [6.45, 7) is 1.67. The molecule has 0 unspecified atom stereocenters. The van der Waals surface area contributed by atoms with Gasteiger partial charge in [0.25, 0.3) is 5.91 Å². The van der Waals surface area contributed by atoms with Gasteiger partial charge in [0.15, 0.2) is 0 Å². The van der Waals surface area contributed by atoms with Crippen LogP contribution in [-0.2, 0) is 0 Å². The Morgan fingerprint density at radius 1 is 1.18 bits per heavy atom. The van der Waals surface area contributed by atoms with Crippen molar-refractivity contribution in [3.05, 3.63) is 31.7 Å². The number of carbonyl (C=O) groups is 1. The fourth-order valence-electron chi connectivity index (χ4n) is 1.98. The Kier molecular flexibility index (Phi) is 4.50. The summed E-state index contributed by atoms with van der Waals surface area (Å²) in [4.78, 5) is 14.2. The van der Waals surface area contributed by atoms with Crippen molar-refractivity contribution < 1.29 is 4.79 Å². The van der Waals surface area contributed by atoms with Gasteiger partial charge in [0.05, 0.1) is 10.6 Å². The molecule has 0 spiro atoms. The van der Waals surface area contributed by atoms with Gasteiger partial charge < -0.3 is 4.90 Å². The molecule has 0 radical (unpaired) electrons. The van der Waals surface area contributed by atoms with Crippen molar-refractivity contribution in [2.45, 2.75) is 19.3 Å². The Morgan fingerprint density at radius 2 is 1.82 bits per heavy atom. The third-order valence-corrected chi connectivity index (χ3v) is 4.59. The van der Waals surface area contributed by atoms with Gasteiger partial charge in [-0.2, -0.15) is 0 Å². The van der Waals surface area contributed by atoms with E-state index in [2.05, 4.69) is 31.9 Å². The summed E-state index contributed by atoms with van der Waals surface area (Å²) in [6.07, 6.45) is 3.37. The van der Waals surface area contributed by atoms with E-state index in [1.165, 1.54) is 6.42 Å². The second-order valence-electron chi connectivity index (χ2n) is 4.10. The maximum Gasteiger partial charge on any atom is 0.255 e. The van der Waals surface area contributed by atoms with Gasteiger partial charge in [-0.05, 0) is 47.3 Å². The highest BCUT2D eigenvalue weighted by Gasteiger charge is 2.21. The molecule has 0 saturated carbocycles. The van der Waals surface area contributed by atoms with E-state index >= 15 is 0 Å². The molecule has 1 aromatic carbocycles. The Morgan fingerprint density at radius 3 is 2.47 bits per heavy atom. The summed E-state index contributed by atoms with van der Waals surface area (Å²) >= 11 is 12.9. The molecule has 92 valence electrons. The Labute approximate surface area is 123 Å². The van der Waals surface area contributed by atoms with Gasteiger partial charge >= 0.3 is 0 Å². The lowest BCUT2D eigenvalue weighted by atomic mass is 10.1. The molecule has 17 heavy (non-hydrogen) atoms. The molecule has 1 saturated heterocycles. The van der Waals surface area contributed by atoms with Crippen LogP contribution in [0.15, 0.2) is 21.1 Å². The van der Waals surface area contributed by atoms with Crippen LogP contribution in [0, 0.1) is 0 Å². The number of rotatable bonds is 1. The Hall–Kier alpha value is -0.0600. The van der Waals surface area contributed by atoms with Crippen molar-refractivity contribution in [1.82, 2.24) is 4.90 Å². The topological polar surface area (TPSA) is 20.3 Å². The molecule has 0 aliphatic carbocycles. The standard InChI is InChI=1S/C12H12Br2ClNO/c13-8-6-9(11(15)10(14)7-8)12(17)16-4-2-1-3-5-16/h6-7H,1-5H2. The van der Waals surface area contributed by atoms with E-state index in [1.54, 1.807) is 6.07 Å². The molecule has 0 atom stereocenters. The molecule has 0 N–H and O–H groups in total. The lowest BCUT2D eigenvalue weighted by Gasteiger charge is -2.27. The molecule has 2 rings (SSSR count). The minimum Gasteiger partial charge on any atom is -0.339 e. The van der Waals surface area contributed by atoms with Gasteiger partial charge in [-0.15, -0.1) is 0 Å². The molecule has 5 heteroatoms. The van der Waals surface area contributed by atoms with Crippen LogP contribution in [0.4, 0.5) is 0 Å². The molecule has 0 aromatic heterocycles. The van der Waals surface area contributed by atoms with Crippen LogP contribution in [-0.4, -0.2) is 23.9 Å². The maximum atomic E-state index is 12.3. The molecule has 1 aliphatic heterocycles. The van der Waals surface area contributed by atoms with E-state index in [-0.39, 0.29) is 5.91 Å². The number of halogens is 3. The summed E-state index contributed by atoms with van der Waals surface area (Å²) in [6, 6.07) is 3.62. The van der Waals surface area contributed by atoms with Gasteiger partial charge in [0.2, 0.25) is 0 Å². The number of hydrogen-bond donors (Lipinski definition) is 0. The zero-order valence-corrected chi connectivity index (χ0v) is 13.1. The van der Waals surface area contributed by atoms with Crippen LogP contribution in [0.25, 0.3) is 0 Å². The van der Waals surface area contributed by atoms with Gasteiger partial charge in [0.1, 0.15) is 0 Å². The fourth-order valence-corrected chi connectivity index (χ4v) is 3.39. The van der Waals surface area contributed by atoms with Crippen LogP contribution in [0.2, 0.25) is 5.02 Å². The molecule has 1 heterocycles. The van der Waals surface area contributed by atoms with Crippen molar-refractivity contribution in [2.75, 3.05) is 13.1 Å². The molecule has 0 bridgehead atoms. The van der Waals surface area contributed by atoms with Crippen LogP contribution in [0.3, 0.4) is 0 Å². The third-order valence-electron chi connectivity index (χ3n) is 2.87. The van der Waals surface area contributed by atoms with E-state index < -0.39 is 0 Å². The van der Waals surface area contributed by atoms with Crippen LogP contribution in [0.1, 0.15) is 29.6 Å². The SMILES string of the molecule is O=C(c1cc(Br)cc(Br)c1Cl)N1CCCCC1. The van der Waals surface area contributed by atoms with Gasteiger partial charge in [-0.3, -0.25) is 4.79 Å². The number of carbonyl (C=O) groups excluding carboxylic acids is 1. The highest BCUT2D eigenvalue weighted by atomic mass is 79.9. The van der Waals surface area contributed by atoms with E-state index in [9.17, 15) is 4.79 Å². The summed E-state index contributed by atoms with van der Waals surface area (Å²) in [5.41, 5.74) is 0.565. The lowest BCUT2D eigenvalue weighted by molar-refractivity contribution is 0.0724. The second kappa shape index (κ2) is 5.72. The minimum absolute atomic E-state index is 0.0247. The normalized spacial score (nSPS) is 16.1. The summed E-state index contributed by atoms with van der Waals surface area (Å²) in [5.74, 6) is 0.0247. The van der Waals surface area contributed by atoms with Crippen molar-refractivity contribution in [3.63, 3.8) is 0 Å². The van der Waals surface area contributed by atoms with Crippen molar-refractivity contribution in [2.24, 2.45) is 0 Å². The Bertz CT molecular complexity index is 444. The quantitative estimate of drug-likeness (QED) is 0.657. The molecular weight excluding hydrogens is 369 g/mol. The first kappa shape index (κ1) is 13.4. The number of piperidine rings is 1. The zero-order chi connectivity index (χ0) is 12.4. The van der Waals surface area contributed by atoms with Gasteiger partial charge in [0, 0.05) is 22.0 Å². The van der Waals surface area contributed by atoms with Crippen LogP contribution in [0.5, 0.6) is 0 Å². The zero-order valence-electron chi connectivity index (χ0n) is 9.18. The van der Waals surface area contributed by atoms with Crippen molar-refractivity contribution in [1.29, 1.82) is 0 Å². The first-order chi connectivity index (χ1) is 8.09. The van der Waals surface area contributed by atoms with Gasteiger partial charge in [-0.25, -0.2) is 0 Å². The lowest BCUT2D eigenvalue weighted by Crippen LogP contribution is -2.35. The molecule has 1 fully saturated rings. The summed E-state index contributed by atoms with van der Waals surface area (Å²) in [5, 5.41) is 0.490. The second-order valence-corrected chi connectivity index (χ2v) is 6.25. The number of nitrogens with zero attached hydrogens (tertiary/aromatic N) is 1. The smallest absolute Gasteiger partial charge is 0.255 e.